The molecule has 0 radical (unpaired) electrons. The van der Waals surface area contributed by atoms with E-state index in [0.29, 0.717) is 16.4 Å². The van der Waals surface area contributed by atoms with Crippen LogP contribution in [0.2, 0.25) is 5.02 Å². The van der Waals surface area contributed by atoms with E-state index in [0.717, 1.165) is 49.2 Å². The van der Waals surface area contributed by atoms with Crippen LogP contribution in [0.4, 0.5) is 0 Å². The predicted octanol–water partition coefficient (Wildman–Crippen LogP) is 3.44. The third kappa shape index (κ3) is 4.64. The Morgan fingerprint density at radius 3 is 2.57 bits per heavy atom. The smallest absolute Gasteiger partial charge is 0.263 e. The Morgan fingerprint density at radius 1 is 1.10 bits per heavy atom. The molecule has 2 heterocycles. The maximum atomic E-state index is 12.6. The molecule has 1 aromatic carbocycles. The minimum absolute atomic E-state index is 0.0104. The number of nitrogens with zero attached hydrogens (tertiary/aromatic N) is 1. The van der Waals surface area contributed by atoms with E-state index in [1.54, 1.807) is 0 Å². The zero-order valence-electron chi connectivity index (χ0n) is 17.0. The Labute approximate surface area is 185 Å². The summed E-state index contributed by atoms with van der Waals surface area (Å²) in [6, 6.07) is 7.64. The summed E-state index contributed by atoms with van der Waals surface area (Å²) in [7, 11) is 0. The van der Waals surface area contributed by atoms with Crippen LogP contribution in [0, 0.1) is 0 Å². The molecule has 162 valence electrons. The first-order valence-corrected chi connectivity index (χ1v) is 11.8. The number of nitrogens with one attached hydrogen (secondary N) is 2. The van der Waals surface area contributed by atoms with Gasteiger partial charge >= 0.3 is 0 Å². The fourth-order valence-corrected chi connectivity index (χ4v) is 6.01. The molecule has 4 rings (SSSR count). The van der Waals surface area contributed by atoms with Crippen LogP contribution in [-0.4, -0.2) is 61.6 Å². The molecule has 1 aliphatic heterocycles. The van der Waals surface area contributed by atoms with Gasteiger partial charge in [-0.3, -0.25) is 14.5 Å². The molecule has 1 saturated carbocycles. The van der Waals surface area contributed by atoms with Gasteiger partial charge in [0, 0.05) is 35.3 Å². The topological polar surface area (TPSA) is 70.7 Å². The highest BCUT2D eigenvalue weighted by Gasteiger charge is 2.38. The Balaban J connectivity index is 1.33. The highest BCUT2D eigenvalue weighted by atomic mass is 35.5. The summed E-state index contributed by atoms with van der Waals surface area (Å²) in [5.41, 5.74) is 0.0104. The molecule has 2 amide bonds. The van der Waals surface area contributed by atoms with Crippen LogP contribution >= 0.6 is 22.9 Å². The van der Waals surface area contributed by atoms with Crippen molar-refractivity contribution in [2.75, 3.05) is 39.4 Å². The largest absolute Gasteiger partial charge is 0.379 e. The second-order valence-corrected chi connectivity index (χ2v) is 9.52. The molecule has 1 aromatic heterocycles. The van der Waals surface area contributed by atoms with Crippen LogP contribution in [0.25, 0.3) is 10.1 Å². The minimum atomic E-state index is -0.308. The van der Waals surface area contributed by atoms with Gasteiger partial charge in [0.1, 0.15) is 4.88 Å². The molecular formula is C22H28ClN3O3S. The highest BCUT2D eigenvalue weighted by molar-refractivity contribution is 7.21. The first-order valence-electron chi connectivity index (χ1n) is 10.6. The molecule has 2 aliphatic rings. The van der Waals surface area contributed by atoms with E-state index < -0.39 is 0 Å². The summed E-state index contributed by atoms with van der Waals surface area (Å²) in [5.74, 6) is -0.476. The number of rotatable bonds is 6. The van der Waals surface area contributed by atoms with E-state index in [1.165, 1.54) is 30.6 Å². The van der Waals surface area contributed by atoms with E-state index in [2.05, 4.69) is 15.5 Å². The molecule has 2 fully saturated rings. The van der Waals surface area contributed by atoms with Gasteiger partial charge in [0.25, 0.3) is 5.91 Å². The summed E-state index contributed by atoms with van der Waals surface area (Å²) in [6.07, 6.45) is 5.82. The molecule has 1 saturated heterocycles. The molecule has 8 heteroatoms. The zero-order valence-corrected chi connectivity index (χ0v) is 18.6. The van der Waals surface area contributed by atoms with Crippen LogP contribution < -0.4 is 10.6 Å². The van der Waals surface area contributed by atoms with Crippen molar-refractivity contribution in [3.63, 3.8) is 0 Å². The van der Waals surface area contributed by atoms with Gasteiger partial charge in [-0.1, -0.05) is 49.1 Å². The van der Waals surface area contributed by atoms with Gasteiger partial charge in [0.15, 0.2) is 0 Å². The molecule has 0 unspecified atom stereocenters. The normalized spacial score (nSPS) is 19.5. The second-order valence-electron chi connectivity index (χ2n) is 8.09. The number of ether oxygens (including phenoxy) is 1. The van der Waals surface area contributed by atoms with Gasteiger partial charge in [-0.15, -0.1) is 11.3 Å². The minimum Gasteiger partial charge on any atom is -0.379 e. The number of hydrogen-bond donors (Lipinski definition) is 2. The van der Waals surface area contributed by atoms with Gasteiger partial charge in [-0.25, -0.2) is 0 Å². The number of carbonyl (C=O) groups excluding carboxylic acids is 2. The van der Waals surface area contributed by atoms with E-state index >= 15 is 0 Å². The van der Waals surface area contributed by atoms with Gasteiger partial charge < -0.3 is 15.4 Å². The van der Waals surface area contributed by atoms with Gasteiger partial charge in [-0.05, 0) is 18.9 Å². The summed E-state index contributed by atoms with van der Waals surface area (Å²) < 4.78 is 6.47. The molecule has 30 heavy (non-hydrogen) atoms. The van der Waals surface area contributed by atoms with Crippen molar-refractivity contribution in [2.45, 2.75) is 37.6 Å². The lowest BCUT2D eigenvalue weighted by atomic mass is 9.79. The summed E-state index contributed by atoms with van der Waals surface area (Å²) in [4.78, 5) is 28.0. The van der Waals surface area contributed by atoms with Crippen LogP contribution in [0.3, 0.4) is 0 Å². The van der Waals surface area contributed by atoms with Gasteiger partial charge in [0.05, 0.1) is 24.8 Å². The number of morpholine rings is 1. The standard InChI is InChI=1S/C22H28ClN3O3S/c23-19-16-6-2-3-7-17(16)30-20(19)21(28)24-14-18(27)25-15-22(8-4-1-5-9-22)26-10-12-29-13-11-26/h2-3,6-7H,1,4-5,8-15H2,(H,24,28)(H,25,27). The molecule has 2 aromatic rings. The van der Waals surface area contributed by atoms with E-state index in [4.69, 9.17) is 16.3 Å². The van der Waals surface area contributed by atoms with Crippen molar-refractivity contribution in [1.82, 2.24) is 15.5 Å². The second kappa shape index (κ2) is 9.64. The number of carbonyl (C=O) groups is 2. The first kappa shape index (κ1) is 21.6. The van der Waals surface area contributed by atoms with Gasteiger partial charge in [0.2, 0.25) is 5.91 Å². The number of fused-ring (bicyclic) bond motifs is 1. The quantitative estimate of drug-likeness (QED) is 0.708. The number of halogens is 1. The first-order chi connectivity index (χ1) is 14.6. The SMILES string of the molecule is O=C(CNC(=O)c1sc2ccccc2c1Cl)NCC1(N2CCOCC2)CCCCC1. The molecular weight excluding hydrogens is 422 g/mol. The third-order valence-electron chi connectivity index (χ3n) is 6.23. The van der Waals surface area contributed by atoms with Crippen molar-refractivity contribution < 1.29 is 14.3 Å². The highest BCUT2D eigenvalue weighted by Crippen LogP contribution is 2.35. The lowest BCUT2D eigenvalue weighted by Crippen LogP contribution is -2.60. The van der Waals surface area contributed by atoms with Crippen molar-refractivity contribution in [3.8, 4) is 0 Å². The fourth-order valence-electron chi connectivity index (χ4n) is 4.58. The molecule has 2 N–H and O–H groups in total. The van der Waals surface area contributed by atoms with Gasteiger partial charge in [-0.2, -0.15) is 0 Å². The average Bonchev–Trinajstić information content (AvgIpc) is 3.14. The summed E-state index contributed by atoms with van der Waals surface area (Å²) >= 11 is 7.71. The predicted molar refractivity (Wildman–Crippen MR) is 120 cm³/mol. The third-order valence-corrected chi connectivity index (χ3v) is 7.91. The van der Waals surface area contributed by atoms with Crippen molar-refractivity contribution >= 4 is 44.8 Å². The number of benzene rings is 1. The Kier molecular flexibility index (Phi) is 6.93. The molecule has 6 nitrogen and oxygen atoms in total. The lowest BCUT2D eigenvalue weighted by molar-refractivity contribution is -0.121. The molecule has 0 spiro atoms. The summed E-state index contributed by atoms with van der Waals surface area (Å²) in [5, 5.41) is 7.11. The molecule has 1 aliphatic carbocycles. The summed E-state index contributed by atoms with van der Waals surface area (Å²) in [6.45, 7) is 3.89. The van der Waals surface area contributed by atoms with Crippen LogP contribution in [0.5, 0.6) is 0 Å². The van der Waals surface area contributed by atoms with Crippen molar-refractivity contribution in [3.05, 3.63) is 34.2 Å². The zero-order chi connectivity index (χ0) is 21.0. The Morgan fingerprint density at radius 2 is 1.83 bits per heavy atom. The monoisotopic (exact) mass is 449 g/mol. The molecule has 0 bridgehead atoms. The maximum Gasteiger partial charge on any atom is 0.263 e. The Bertz CT molecular complexity index is 904. The Hall–Kier alpha value is -1.67. The van der Waals surface area contributed by atoms with E-state index in [-0.39, 0.29) is 23.9 Å². The van der Waals surface area contributed by atoms with Crippen LogP contribution in [0.1, 0.15) is 41.8 Å². The number of hydrogen-bond acceptors (Lipinski definition) is 5. The average molecular weight is 450 g/mol. The van der Waals surface area contributed by atoms with E-state index in [1.807, 2.05) is 24.3 Å². The van der Waals surface area contributed by atoms with E-state index in [9.17, 15) is 9.59 Å². The lowest BCUT2D eigenvalue weighted by Gasteiger charge is -2.48. The number of amides is 2. The maximum absolute atomic E-state index is 12.6. The van der Waals surface area contributed by atoms with Crippen molar-refractivity contribution in [2.24, 2.45) is 0 Å². The fraction of sp³-hybridized carbons (Fsp3) is 0.545. The molecule has 0 atom stereocenters. The van der Waals surface area contributed by atoms with Crippen molar-refractivity contribution in [1.29, 1.82) is 0 Å². The van der Waals surface area contributed by atoms with Crippen LogP contribution in [-0.2, 0) is 9.53 Å². The van der Waals surface area contributed by atoms with Crippen LogP contribution in [0.15, 0.2) is 24.3 Å². The number of thiophene rings is 1.